The summed E-state index contributed by atoms with van der Waals surface area (Å²) in [6, 6.07) is 94.9. The van der Waals surface area contributed by atoms with Gasteiger partial charge >= 0.3 is 0 Å². The highest BCUT2D eigenvalue weighted by Crippen LogP contribution is 2.67. The average molecular weight is 942 g/mol. The van der Waals surface area contributed by atoms with Crippen LogP contribution in [0.3, 0.4) is 0 Å². The van der Waals surface area contributed by atoms with E-state index in [1.807, 2.05) is 0 Å². The van der Waals surface area contributed by atoms with E-state index in [4.69, 9.17) is 9.15 Å². The fourth-order valence-corrected chi connectivity index (χ4v) is 12.9. The van der Waals surface area contributed by atoms with E-state index < -0.39 is 5.41 Å². The smallest absolute Gasteiger partial charge is 0.140 e. The molecule has 3 nitrogen and oxygen atoms in total. The molecule has 1 aromatic heterocycles. The van der Waals surface area contributed by atoms with E-state index in [0.29, 0.717) is 0 Å². The number of hydrogen-bond acceptors (Lipinski definition) is 3. The molecule has 0 fully saturated rings. The SMILES string of the molecule is c1ccc(-c2ccc(N(c3ccccc3)c3ccc4c(c3)oc3cc(-c5ccc6c(c5)-c5ccccc5C65c6c(c7ccccc7c7ccccc67)Oc6c5c5ccccc5c5ccccc65)ccc34)cc2)cc1. The Morgan fingerprint density at radius 3 is 1.35 bits per heavy atom. The van der Waals surface area contributed by atoms with Crippen molar-refractivity contribution >= 4 is 82.1 Å². The molecule has 0 saturated carbocycles. The van der Waals surface area contributed by atoms with Crippen LogP contribution in [0.2, 0.25) is 0 Å². The van der Waals surface area contributed by atoms with Crippen LogP contribution in [-0.4, -0.2) is 0 Å². The fourth-order valence-electron chi connectivity index (χ4n) is 12.9. The zero-order valence-corrected chi connectivity index (χ0v) is 40.1. The molecule has 0 N–H and O–H groups in total. The second-order valence-electron chi connectivity index (χ2n) is 19.8. The summed E-state index contributed by atoms with van der Waals surface area (Å²) in [5, 5.41) is 11.6. The first-order chi connectivity index (χ1) is 36.7. The van der Waals surface area contributed by atoms with Crippen molar-refractivity contribution in [3.63, 3.8) is 0 Å². The Morgan fingerprint density at radius 2 is 0.703 bits per heavy atom. The lowest BCUT2D eigenvalue weighted by atomic mass is 9.63. The van der Waals surface area contributed by atoms with Crippen LogP contribution >= 0.6 is 0 Å². The molecule has 0 saturated heterocycles. The van der Waals surface area contributed by atoms with Gasteiger partial charge in [-0.1, -0.05) is 200 Å². The Morgan fingerprint density at radius 1 is 0.270 bits per heavy atom. The summed E-state index contributed by atoms with van der Waals surface area (Å²) >= 11 is 0. The van der Waals surface area contributed by atoms with Gasteiger partial charge in [-0.2, -0.15) is 0 Å². The van der Waals surface area contributed by atoms with E-state index in [1.54, 1.807) is 0 Å². The first kappa shape index (κ1) is 41.0. The Balaban J connectivity index is 0.884. The quantitative estimate of drug-likeness (QED) is 0.161. The summed E-state index contributed by atoms with van der Waals surface area (Å²) in [6.45, 7) is 0. The molecule has 14 aromatic rings. The number of furan rings is 1. The van der Waals surface area contributed by atoms with Crippen molar-refractivity contribution < 1.29 is 9.15 Å². The zero-order valence-electron chi connectivity index (χ0n) is 40.1. The van der Waals surface area contributed by atoms with Crippen LogP contribution in [0.5, 0.6) is 11.5 Å². The van der Waals surface area contributed by atoms with Crippen molar-refractivity contribution in [1.29, 1.82) is 0 Å². The maximum Gasteiger partial charge on any atom is 0.140 e. The van der Waals surface area contributed by atoms with Gasteiger partial charge in [0, 0.05) is 55.8 Å². The van der Waals surface area contributed by atoms with E-state index in [0.717, 1.165) is 72.4 Å². The standard InChI is InChI=1S/C71H43NO2/c1-3-17-44(18-4-1)45-31-35-49(36-32-45)72(48-19-5-2-6-20-48)50-37-39-57-56-38-33-47(42-65(56)73-66(57)43-50)46-34-40-64-62(41-46)55-25-15-16-30-63(55)71(64)67-58-26-11-7-21-51(58)53-23-9-13-28-60(53)69(67)74-70-61-29-14-10-24-54(61)52-22-8-12-27-59(52)68(70)71/h1-43H. The summed E-state index contributed by atoms with van der Waals surface area (Å²) in [4.78, 5) is 2.30. The van der Waals surface area contributed by atoms with Gasteiger partial charge in [0.1, 0.15) is 22.7 Å². The fraction of sp³-hybridized carbons (Fsp3) is 0.0141. The maximum atomic E-state index is 7.57. The Kier molecular flexibility index (Phi) is 8.66. The third-order valence-corrected chi connectivity index (χ3v) is 16.1. The molecule has 0 atom stereocenters. The molecule has 3 heteroatoms. The average Bonchev–Trinajstić information content (AvgIpc) is 4.01. The van der Waals surface area contributed by atoms with Crippen molar-refractivity contribution in [2.75, 3.05) is 4.90 Å². The van der Waals surface area contributed by atoms with Gasteiger partial charge in [0.05, 0.1) is 5.41 Å². The first-order valence-corrected chi connectivity index (χ1v) is 25.5. The number of benzene rings is 13. The van der Waals surface area contributed by atoms with Crippen LogP contribution in [0.15, 0.2) is 265 Å². The van der Waals surface area contributed by atoms with E-state index >= 15 is 0 Å². The summed E-state index contributed by atoms with van der Waals surface area (Å²) in [5.74, 6) is 1.84. The van der Waals surface area contributed by atoms with E-state index in [1.165, 1.54) is 76.8 Å². The van der Waals surface area contributed by atoms with Gasteiger partial charge < -0.3 is 14.1 Å². The lowest BCUT2D eigenvalue weighted by molar-refractivity contribution is 0.451. The molecule has 0 amide bonds. The molecule has 0 radical (unpaired) electrons. The monoisotopic (exact) mass is 941 g/mol. The van der Waals surface area contributed by atoms with Gasteiger partial charge in [0.2, 0.25) is 0 Å². The van der Waals surface area contributed by atoms with Crippen molar-refractivity contribution in [2.24, 2.45) is 0 Å². The second-order valence-corrected chi connectivity index (χ2v) is 19.8. The Bertz CT molecular complexity index is 4500. The first-order valence-electron chi connectivity index (χ1n) is 25.5. The molecule has 0 bridgehead atoms. The Labute approximate surface area is 427 Å². The van der Waals surface area contributed by atoms with Crippen molar-refractivity contribution in [3.05, 3.63) is 283 Å². The van der Waals surface area contributed by atoms with Crippen LogP contribution < -0.4 is 9.64 Å². The molecule has 344 valence electrons. The molecule has 0 unspecified atom stereocenters. The zero-order chi connectivity index (χ0) is 48.5. The molecular weight excluding hydrogens is 899 g/mol. The summed E-state index contributed by atoms with van der Waals surface area (Å²) in [6.07, 6.45) is 0. The third kappa shape index (κ3) is 5.72. The van der Waals surface area contributed by atoms with Gasteiger partial charge in [-0.25, -0.2) is 0 Å². The highest BCUT2D eigenvalue weighted by molar-refractivity contribution is 6.19. The van der Waals surface area contributed by atoms with Crippen LogP contribution in [0, 0.1) is 0 Å². The number of nitrogens with zero attached hydrogens (tertiary/aromatic N) is 1. The predicted molar refractivity (Wildman–Crippen MR) is 307 cm³/mol. The molecule has 1 aliphatic carbocycles. The van der Waals surface area contributed by atoms with Gasteiger partial charge in [-0.05, 0) is 131 Å². The summed E-state index contributed by atoms with van der Waals surface area (Å²) in [7, 11) is 0. The number of anilines is 3. The number of fused-ring (bicyclic) bond motifs is 22. The van der Waals surface area contributed by atoms with Crippen molar-refractivity contribution in [1.82, 2.24) is 0 Å². The van der Waals surface area contributed by atoms with Gasteiger partial charge in [0.25, 0.3) is 0 Å². The molecule has 16 rings (SSSR count). The van der Waals surface area contributed by atoms with E-state index in [2.05, 4.69) is 266 Å². The van der Waals surface area contributed by atoms with Crippen LogP contribution in [0.1, 0.15) is 22.3 Å². The molecule has 2 aliphatic rings. The van der Waals surface area contributed by atoms with Crippen LogP contribution in [0.4, 0.5) is 17.1 Å². The largest absolute Gasteiger partial charge is 0.456 e. The highest BCUT2D eigenvalue weighted by Gasteiger charge is 2.53. The number of hydrogen-bond donors (Lipinski definition) is 0. The minimum atomic E-state index is -0.724. The molecule has 74 heavy (non-hydrogen) atoms. The normalized spacial score (nSPS) is 13.1. The topological polar surface area (TPSA) is 25.6 Å². The number of para-hydroxylation sites is 1. The molecule has 2 heterocycles. The number of ether oxygens (including phenoxy) is 1. The van der Waals surface area contributed by atoms with Crippen LogP contribution in [-0.2, 0) is 5.41 Å². The maximum absolute atomic E-state index is 7.57. The van der Waals surface area contributed by atoms with E-state index in [-0.39, 0.29) is 0 Å². The molecule has 1 aliphatic heterocycles. The van der Waals surface area contributed by atoms with Crippen LogP contribution in [0.25, 0.3) is 98.4 Å². The predicted octanol–water partition coefficient (Wildman–Crippen LogP) is 19.5. The van der Waals surface area contributed by atoms with Crippen molar-refractivity contribution in [2.45, 2.75) is 5.41 Å². The van der Waals surface area contributed by atoms with Crippen molar-refractivity contribution in [3.8, 4) is 44.9 Å². The minimum Gasteiger partial charge on any atom is -0.456 e. The highest BCUT2D eigenvalue weighted by atomic mass is 16.5. The Hall–Kier alpha value is -9.70. The molecule has 1 spiro atoms. The third-order valence-electron chi connectivity index (χ3n) is 16.1. The minimum absolute atomic E-state index is 0.724. The number of rotatable bonds is 5. The van der Waals surface area contributed by atoms with Gasteiger partial charge in [-0.15, -0.1) is 0 Å². The lowest BCUT2D eigenvalue weighted by Crippen LogP contribution is -2.33. The molecular formula is C71H43NO2. The summed E-state index contributed by atoms with van der Waals surface area (Å²) in [5.41, 5.74) is 16.1. The van der Waals surface area contributed by atoms with Gasteiger partial charge in [-0.3, -0.25) is 0 Å². The summed E-state index contributed by atoms with van der Waals surface area (Å²) < 4.78 is 14.5. The lowest BCUT2D eigenvalue weighted by Gasteiger charge is -2.42. The molecule has 13 aromatic carbocycles. The van der Waals surface area contributed by atoms with E-state index in [9.17, 15) is 0 Å². The second kappa shape index (κ2) is 15.6. The van der Waals surface area contributed by atoms with Gasteiger partial charge in [0.15, 0.2) is 0 Å².